The van der Waals surface area contributed by atoms with Gasteiger partial charge in [-0.05, 0) is 32.0 Å². The highest BCUT2D eigenvalue weighted by atomic mass is 79.9. The van der Waals surface area contributed by atoms with Gasteiger partial charge in [0.25, 0.3) is 5.89 Å². The topological polar surface area (TPSA) is 69.2 Å². The lowest BCUT2D eigenvalue weighted by atomic mass is 10.1. The molecule has 1 aliphatic rings. The summed E-state index contributed by atoms with van der Waals surface area (Å²) in [4.78, 5) is 10.6. The Balaban J connectivity index is 1.43. The summed E-state index contributed by atoms with van der Waals surface area (Å²) in [5.41, 5.74) is 2.06. The summed E-state index contributed by atoms with van der Waals surface area (Å²) < 4.78 is 52.8. The molecule has 2 aromatic carbocycles. The van der Waals surface area contributed by atoms with E-state index in [9.17, 15) is 13.2 Å². The molecule has 3 heterocycles. The largest absolute Gasteiger partial charge is 0.434 e. The van der Waals surface area contributed by atoms with E-state index in [0.29, 0.717) is 22.8 Å². The third-order valence-corrected chi connectivity index (χ3v) is 6.44. The van der Waals surface area contributed by atoms with Crippen LogP contribution in [-0.4, -0.2) is 45.0 Å². The van der Waals surface area contributed by atoms with Gasteiger partial charge in [-0.15, -0.1) is 0 Å². The lowest BCUT2D eigenvalue weighted by molar-refractivity contribution is -0.140. The molecule has 7 nitrogen and oxygen atoms in total. The molecule has 0 bridgehead atoms. The molecule has 0 amide bonds. The molecule has 1 saturated heterocycles. The van der Waals surface area contributed by atoms with Gasteiger partial charge >= 0.3 is 6.18 Å². The van der Waals surface area contributed by atoms with Crippen molar-refractivity contribution < 1.29 is 22.4 Å². The van der Waals surface area contributed by atoms with Crippen molar-refractivity contribution in [2.45, 2.75) is 32.2 Å². The van der Waals surface area contributed by atoms with Crippen LogP contribution in [0.15, 0.2) is 57.7 Å². The van der Waals surface area contributed by atoms with Gasteiger partial charge in [-0.25, -0.2) is 4.98 Å². The standard InChI is InChI=1S/C25H23BrF3N5O2/c1-14-11-34(12-15(2)35-14)20-9-8-18(26)10-19(20)24-31-22(32-36-24)16-4-6-17(7-5-16)23-30-21(13-33(23)3)25(27,28)29/h4-10,13-15H,11-12H2,1-3H3. The first kappa shape index (κ1) is 24.5. The number of hydrogen-bond donors (Lipinski definition) is 0. The van der Waals surface area contributed by atoms with Gasteiger partial charge in [-0.3, -0.25) is 0 Å². The third kappa shape index (κ3) is 4.90. The summed E-state index contributed by atoms with van der Waals surface area (Å²) in [6.07, 6.45) is -3.35. The van der Waals surface area contributed by atoms with Crippen LogP contribution in [-0.2, 0) is 18.0 Å². The number of aryl methyl sites for hydroxylation is 1. The molecule has 0 aliphatic carbocycles. The quantitative estimate of drug-likeness (QED) is 0.295. The van der Waals surface area contributed by atoms with Crippen molar-refractivity contribution in [2.24, 2.45) is 7.05 Å². The van der Waals surface area contributed by atoms with Gasteiger partial charge in [-0.1, -0.05) is 45.4 Å². The molecule has 4 aromatic rings. The van der Waals surface area contributed by atoms with Gasteiger partial charge < -0.3 is 18.7 Å². The first-order chi connectivity index (χ1) is 17.1. The number of ether oxygens (including phenoxy) is 1. The van der Waals surface area contributed by atoms with E-state index in [0.717, 1.165) is 35.0 Å². The Morgan fingerprint density at radius 2 is 1.64 bits per heavy atom. The van der Waals surface area contributed by atoms with Crippen molar-refractivity contribution in [3.8, 4) is 34.2 Å². The zero-order chi connectivity index (χ0) is 25.6. The number of halogens is 4. The minimum Gasteiger partial charge on any atom is -0.372 e. The Bertz CT molecular complexity index is 1370. The van der Waals surface area contributed by atoms with E-state index in [1.807, 2.05) is 32.0 Å². The molecule has 2 aromatic heterocycles. The lowest BCUT2D eigenvalue weighted by Gasteiger charge is -2.37. The van der Waals surface area contributed by atoms with Gasteiger partial charge in [0, 0.05) is 47.6 Å². The monoisotopic (exact) mass is 561 g/mol. The predicted octanol–water partition coefficient (Wildman–Crippen LogP) is 6.20. The molecule has 0 radical (unpaired) electrons. The van der Waals surface area contributed by atoms with Crippen LogP contribution in [0.2, 0.25) is 0 Å². The first-order valence-corrected chi connectivity index (χ1v) is 12.1. The van der Waals surface area contributed by atoms with Gasteiger partial charge in [0.05, 0.1) is 17.8 Å². The molecule has 2 unspecified atom stereocenters. The zero-order valence-electron chi connectivity index (χ0n) is 19.8. The molecule has 1 fully saturated rings. The maximum Gasteiger partial charge on any atom is 0.434 e. The first-order valence-electron chi connectivity index (χ1n) is 11.3. The molecule has 36 heavy (non-hydrogen) atoms. The molecular weight excluding hydrogens is 539 g/mol. The van der Waals surface area contributed by atoms with Crippen molar-refractivity contribution >= 4 is 21.6 Å². The highest BCUT2D eigenvalue weighted by Gasteiger charge is 2.34. The summed E-state index contributed by atoms with van der Waals surface area (Å²) in [6, 6.07) is 12.8. The SMILES string of the molecule is CC1CN(c2ccc(Br)cc2-c2nc(-c3ccc(-c4nc(C(F)(F)F)cn4C)cc3)no2)CC(C)O1. The maximum atomic E-state index is 13.0. The summed E-state index contributed by atoms with van der Waals surface area (Å²) >= 11 is 3.53. The van der Waals surface area contributed by atoms with Gasteiger partial charge in [0.2, 0.25) is 5.82 Å². The van der Waals surface area contributed by atoms with Crippen LogP contribution < -0.4 is 4.90 Å². The van der Waals surface area contributed by atoms with Crippen molar-refractivity contribution in [2.75, 3.05) is 18.0 Å². The van der Waals surface area contributed by atoms with E-state index in [1.54, 1.807) is 24.3 Å². The number of imidazole rings is 1. The highest BCUT2D eigenvalue weighted by molar-refractivity contribution is 9.10. The second-order valence-corrected chi connectivity index (χ2v) is 9.80. The van der Waals surface area contributed by atoms with Gasteiger partial charge in [-0.2, -0.15) is 18.2 Å². The second kappa shape index (κ2) is 9.36. The molecule has 0 N–H and O–H groups in total. The third-order valence-electron chi connectivity index (χ3n) is 5.94. The van der Waals surface area contributed by atoms with Crippen LogP contribution in [0.5, 0.6) is 0 Å². The molecule has 0 spiro atoms. The molecule has 5 rings (SSSR count). The van der Waals surface area contributed by atoms with Crippen LogP contribution in [0, 0.1) is 0 Å². The number of nitrogens with zero attached hydrogens (tertiary/aromatic N) is 5. The number of benzene rings is 2. The number of morpholine rings is 1. The fraction of sp³-hybridized carbons (Fsp3) is 0.320. The number of rotatable bonds is 4. The summed E-state index contributed by atoms with van der Waals surface area (Å²) in [7, 11) is 1.53. The molecule has 11 heteroatoms. The molecule has 2 atom stereocenters. The van der Waals surface area contributed by atoms with Crippen molar-refractivity contribution in [1.82, 2.24) is 19.7 Å². The normalized spacial score (nSPS) is 18.6. The van der Waals surface area contributed by atoms with Crippen molar-refractivity contribution in [3.05, 3.63) is 58.8 Å². The van der Waals surface area contributed by atoms with Crippen LogP contribution in [0.4, 0.5) is 18.9 Å². The van der Waals surface area contributed by atoms with Crippen LogP contribution in [0.1, 0.15) is 19.5 Å². The van der Waals surface area contributed by atoms with Crippen molar-refractivity contribution in [3.63, 3.8) is 0 Å². The zero-order valence-corrected chi connectivity index (χ0v) is 21.3. The van der Waals surface area contributed by atoms with E-state index in [4.69, 9.17) is 9.26 Å². The number of aromatic nitrogens is 4. The van der Waals surface area contributed by atoms with Crippen LogP contribution in [0.3, 0.4) is 0 Å². The maximum absolute atomic E-state index is 13.0. The minimum absolute atomic E-state index is 0.0907. The Hall–Kier alpha value is -3.18. The Kier molecular flexibility index (Phi) is 6.37. The molecule has 1 aliphatic heterocycles. The average molecular weight is 562 g/mol. The molecular formula is C25H23BrF3N5O2. The summed E-state index contributed by atoms with van der Waals surface area (Å²) in [5.74, 6) is 0.966. The Labute approximate surface area is 214 Å². The van der Waals surface area contributed by atoms with E-state index in [2.05, 4.69) is 36.0 Å². The average Bonchev–Trinajstić information content (AvgIpc) is 3.46. The fourth-order valence-corrected chi connectivity index (χ4v) is 4.78. The smallest absolute Gasteiger partial charge is 0.372 e. The number of alkyl halides is 3. The van der Waals surface area contributed by atoms with Crippen LogP contribution >= 0.6 is 15.9 Å². The Morgan fingerprint density at radius 1 is 0.972 bits per heavy atom. The number of anilines is 1. The second-order valence-electron chi connectivity index (χ2n) is 8.88. The van der Waals surface area contributed by atoms with E-state index in [-0.39, 0.29) is 18.0 Å². The lowest BCUT2D eigenvalue weighted by Crippen LogP contribution is -2.45. The van der Waals surface area contributed by atoms with E-state index < -0.39 is 11.9 Å². The highest BCUT2D eigenvalue weighted by Crippen LogP contribution is 2.36. The molecule has 188 valence electrons. The fourth-order valence-electron chi connectivity index (χ4n) is 4.42. The molecule has 0 saturated carbocycles. The van der Waals surface area contributed by atoms with Crippen LogP contribution in [0.25, 0.3) is 34.2 Å². The summed E-state index contributed by atoms with van der Waals surface area (Å²) in [5, 5.41) is 4.15. The van der Waals surface area contributed by atoms with E-state index >= 15 is 0 Å². The summed E-state index contributed by atoms with van der Waals surface area (Å²) in [6.45, 7) is 5.57. The Morgan fingerprint density at radius 3 is 2.28 bits per heavy atom. The van der Waals surface area contributed by atoms with Gasteiger partial charge in [0.15, 0.2) is 5.69 Å². The predicted molar refractivity (Wildman–Crippen MR) is 132 cm³/mol. The number of hydrogen-bond acceptors (Lipinski definition) is 6. The van der Waals surface area contributed by atoms with Gasteiger partial charge in [0.1, 0.15) is 5.82 Å². The van der Waals surface area contributed by atoms with E-state index in [1.165, 1.54) is 11.6 Å². The van der Waals surface area contributed by atoms with Crippen molar-refractivity contribution in [1.29, 1.82) is 0 Å². The minimum atomic E-state index is -4.50.